The molecule has 1 aliphatic rings. The Bertz CT molecular complexity index is 427. The highest BCUT2D eigenvalue weighted by Crippen LogP contribution is 2.39. The zero-order chi connectivity index (χ0) is 15.3. The Morgan fingerprint density at radius 2 is 1.95 bits per heavy atom. The second-order valence-corrected chi connectivity index (χ2v) is 6.61. The van der Waals surface area contributed by atoms with Crippen LogP contribution < -0.4 is 10.1 Å². The zero-order valence-corrected chi connectivity index (χ0v) is 13.8. The molecular formula is C18H29NO2. The molecule has 1 N–H and O–H groups in total. The van der Waals surface area contributed by atoms with E-state index >= 15 is 0 Å². The van der Waals surface area contributed by atoms with Gasteiger partial charge in [0.25, 0.3) is 0 Å². The van der Waals surface area contributed by atoms with Crippen LogP contribution in [0.25, 0.3) is 0 Å². The summed E-state index contributed by atoms with van der Waals surface area (Å²) < 4.78 is 11.3. The van der Waals surface area contributed by atoms with Crippen molar-refractivity contribution in [1.82, 2.24) is 5.32 Å². The molecule has 1 aromatic carbocycles. The average molecular weight is 291 g/mol. The minimum absolute atomic E-state index is 0.268. The van der Waals surface area contributed by atoms with Crippen LogP contribution in [0.3, 0.4) is 0 Å². The second kappa shape index (κ2) is 7.28. The van der Waals surface area contributed by atoms with Crippen LogP contribution in [-0.4, -0.2) is 32.4 Å². The molecule has 118 valence electrons. The number of ether oxygens (including phenoxy) is 2. The van der Waals surface area contributed by atoms with Crippen LogP contribution in [0.1, 0.15) is 39.2 Å². The first-order valence-corrected chi connectivity index (χ1v) is 8.04. The summed E-state index contributed by atoms with van der Waals surface area (Å²) >= 11 is 0. The van der Waals surface area contributed by atoms with Crippen molar-refractivity contribution in [3.63, 3.8) is 0 Å². The van der Waals surface area contributed by atoms with Gasteiger partial charge in [-0.25, -0.2) is 0 Å². The van der Waals surface area contributed by atoms with Gasteiger partial charge >= 0.3 is 0 Å². The predicted octanol–water partition coefficient (Wildman–Crippen LogP) is 3.42. The fraction of sp³-hybridized carbons (Fsp3) is 0.667. The molecule has 1 fully saturated rings. The van der Waals surface area contributed by atoms with E-state index < -0.39 is 0 Å². The molecule has 0 radical (unpaired) electrons. The van der Waals surface area contributed by atoms with Crippen LogP contribution in [0.4, 0.5) is 0 Å². The highest BCUT2D eigenvalue weighted by Gasteiger charge is 2.42. The van der Waals surface area contributed by atoms with E-state index in [1.165, 1.54) is 12.0 Å². The molecule has 21 heavy (non-hydrogen) atoms. The van der Waals surface area contributed by atoms with Crippen LogP contribution in [0.5, 0.6) is 5.75 Å². The van der Waals surface area contributed by atoms with Gasteiger partial charge in [-0.05, 0) is 48.9 Å². The molecule has 0 bridgehead atoms. The van der Waals surface area contributed by atoms with Crippen molar-refractivity contribution in [2.45, 2.75) is 52.2 Å². The number of benzene rings is 1. The minimum atomic E-state index is 0.268. The number of nitrogens with one attached hydrogen (secondary N) is 1. The third-order valence-corrected chi connectivity index (χ3v) is 4.52. The van der Waals surface area contributed by atoms with E-state index in [-0.39, 0.29) is 6.10 Å². The Labute approximate surface area is 129 Å². The first kappa shape index (κ1) is 16.3. The van der Waals surface area contributed by atoms with Crippen molar-refractivity contribution in [3.8, 4) is 5.75 Å². The standard InChI is InChI=1S/C18H29NO2/c1-5-19-17-16(10-12-18(17,2)3)21-15-8-6-14(7-9-15)11-13-20-4/h6-9,16-17,19H,5,10-13H2,1-4H3. The van der Waals surface area contributed by atoms with Crippen LogP contribution in [0.15, 0.2) is 24.3 Å². The van der Waals surface area contributed by atoms with Crippen LogP contribution in [0, 0.1) is 5.41 Å². The monoisotopic (exact) mass is 291 g/mol. The van der Waals surface area contributed by atoms with E-state index in [1.54, 1.807) is 7.11 Å². The fourth-order valence-electron chi connectivity index (χ4n) is 3.22. The lowest BCUT2D eigenvalue weighted by Gasteiger charge is -2.31. The van der Waals surface area contributed by atoms with E-state index in [1.807, 2.05) is 0 Å². The predicted molar refractivity (Wildman–Crippen MR) is 86.9 cm³/mol. The number of rotatable bonds is 7. The maximum atomic E-state index is 6.24. The third kappa shape index (κ3) is 4.21. The highest BCUT2D eigenvalue weighted by atomic mass is 16.5. The molecule has 2 rings (SSSR count). The maximum Gasteiger partial charge on any atom is 0.119 e. The highest BCUT2D eigenvalue weighted by molar-refractivity contribution is 5.28. The molecule has 0 aromatic heterocycles. The Morgan fingerprint density at radius 3 is 2.57 bits per heavy atom. The van der Waals surface area contributed by atoms with Gasteiger partial charge in [0.05, 0.1) is 6.61 Å². The SMILES string of the molecule is CCNC1C(Oc2ccc(CCOC)cc2)CCC1(C)C. The molecule has 1 aromatic rings. The minimum Gasteiger partial charge on any atom is -0.489 e. The van der Waals surface area contributed by atoms with E-state index in [2.05, 4.69) is 50.4 Å². The Balaban J connectivity index is 1.97. The number of methoxy groups -OCH3 is 1. The van der Waals surface area contributed by atoms with E-state index in [4.69, 9.17) is 9.47 Å². The molecule has 0 aliphatic heterocycles. The topological polar surface area (TPSA) is 30.5 Å². The summed E-state index contributed by atoms with van der Waals surface area (Å²) in [6.07, 6.45) is 3.55. The number of hydrogen-bond acceptors (Lipinski definition) is 3. The molecule has 0 saturated heterocycles. The summed E-state index contributed by atoms with van der Waals surface area (Å²) in [5.41, 5.74) is 1.60. The molecule has 3 nitrogen and oxygen atoms in total. The van der Waals surface area contributed by atoms with Crippen molar-refractivity contribution < 1.29 is 9.47 Å². The number of hydrogen-bond donors (Lipinski definition) is 1. The number of likely N-dealkylation sites (N-methyl/N-ethyl adjacent to an activating group) is 1. The summed E-state index contributed by atoms with van der Waals surface area (Å²) in [5.74, 6) is 0.974. The first-order valence-electron chi connectivity index (χ1n) is 8.04. The summed E-state index contributed by atoms with van der Waals surface area (Å²) in [4.78, 5) is 0. The van der Waals surface area contributed by atoms with Crippen molar-refractivity contribution in [2.24, 2.45) is 5.41 Å². The van der Waals surface area contributed by atoms with Gasteiger partial charge in [0, 0.05) is 13.2 Å². The summed E-state index contributed by atoms with van der Waals surface area (Å²) in [7, 11) is 1.74. The van der Waals surface area contributed by atoms with Crippen molar-refractivity contribution in [2.75, 3.05) is 20.3 Å². The molecule has 0 amide bonds. The largest absolute Gasteiger partial charge is 0.489 e. The third-order valence-electron chi connectivity index (χ3n) is 4.52. The molecule has 0 heterocycles. The van der Waals surface area contributed by atoms with Crippen molar-refractivity contribution >= 4 is 0 Å². The van der Waals surface area contributed by atoms with Gasteiger partial charge in [0.2, 0.25) is 0 Å². The molecular weight excluding hydrogens is 262 g/mol. The van der Waals surface area contributed by atoms with Gasteiger partial charge in [-0.1, -0.05) is 32.9 Å². The van der Waals surface area contributed by atoms with Gasteiger partial charge in [-0.2, -0.15) is 0 Å². The van der Waals surface area contributed by atoms with Crippen LogP contribution >= 0.6 is 0 Å². The molecule has 3 heteroatoms. The Kier molecular flexibility index (Phi) is 5.65. The van der Waals surface area contributed by atoms with Crippen molar-refractivity contribution in [3.05, 3.63) is 29.8 Å². The smallest absolute Gasteiger partial charge is 0.119 e. The lowest BCUT2D eigenvalue weighted by molar-refractivity contribution is 0.141. The lowest BCUT2D eigenvalue weighted by Crippen LogP contribution is -2.46. The zero-order valence-electron chi connectivity index (χ0n) is 13.8. The second-order valence-electron chi connectivity index (χ2n) is 6.61. The molecule has 2 unspecified atom stereocenters. The Morgan fingerprint density at radius 1 is 1.24 bits per heavy atom. The lowest BCUT2D eigenvalue weighted by atomic mass is 9.87. The Hall–Kier alpha value is -1.06. The van der Waals surface area contributed by atoms with E-state index in [0.29, 0.717) is 11.5 Å². The summed E-state index contributed by atoms with van der Waals surface area (Å²) in [5, 5.41) is 3.60. The van der Waals surface area contributed by atoms with Crippen molar-refractivity contribution in [1.29, 1.82) is 0 Å². The maximum absolute atomic E-state index is 6.24. The fourth-order valence-corrected chi connectivity index (χ4v) is 3.22. The van der Waals surface area contributed by atoms with Gasteiger partial charge < -0.3 is 14.8 Å². The molecule has 0 spiro atoms. The van der Waals surface area contributed by atoms with Crippen LogP contribution in [-0.2, 0) is 11.2 Å². The summed E-state index contributed by atoms with van der Waals surface area (Å²) in [6.45, 7) is 8.58. The molecule has 1 aliphatic carbocycles. The summed E-state index contributed by atoms with van der Waals surface area (Å²) in [6, 6.07) is 8.86. The normalized spacial score (nSPS) is 24.2. The van der Waals surface area contributed by atoms with Gasteiger partial charge in [-0.3, -0.25) is 0 Å². The first-order chi connectivity index (χ1) is 10.1. The van der Waals surface area contributed by atoms with Gasteiger partial charge in [-0.15, -0.1) is 0 Å². The average Bonchev–Trinajstić information content (AvgIpc) is 2.75. The molecule has 2 atom stereocenters. The molecule has 1 saturated carbocycles. The van der Waals surface area contributed by atoms with E-state index in [0.717, 1.165) is 31.7 Å². The van der Waals surface area contributed by atoms with E-state index in [9.17, 15) is 0 Å². The van der Waals surface area contributed by atoms with Crippen LogP contribution in [0.2, 0.25) is 0 Å². The van der Waals surface area contributed by atoms with Gasteiger partial charge in [0.1, 0.15) is 11.9 Å². The van der Waals surface area contributed by atoms with Gasteiger partial charge in [0.15, 0.2) is 0 Å². The quantitative estimate of drug-likeness (QED) is 0.835.